The van der Waals surface area contributed by atoms with Crippen LogP contribution in [0.5, 0.6) is 0 Å². The van der Waals surface area contributed by atoms with Gasteiger partial charge in [-0.2, -0.15) is 5.10 Å². The molecule has 0 spiro atoms. The Labute approximate surface area is 165 Å². The maximum Gasteiger partial charge on any atom is 0.233 e. The Morgan fingerprint density at radius 1 is 1.21 bits per heavy atom. The van der Waals surface area contributed by atoms with Crippen LogP contribution in [0.2, 0.25) is 0 Å². The second-order valence-corrected chi connectivity index (χ2v) is 7.79. The van der Waals surface area contributed by atoms with Gasteiger partial charge < -0.3 is 10.6 Å². The van der Waals surface area contributed by atoms with Gasteiger partial charge in [-0.25, -0.2) is 0 Å². The molecule has 150 valence electrons. The van der Waals surface area contributed by atoms with Crippen molar-refractivity contribution in [3.05, 3.63) is 30.1 Å². The molecule has 2 heterocycles. The molecule has 0 radical (unpaired) electrons. The molecule has 2 fully saturated rings. The van der Waals surface area contributed by atoms with Crippen LogP contribution >= 0.6 is 0 Å². The van der Waals surface area contributed by atoms with E-state index in [1.807, 2.05) is 26.4 Å². The van der Waals surface area contributed by atoms with Crippen LogP contribution in [-0.4, -0.2) is 58.6 Å². The predicted octanol–water partition coefficient (Wildman–Crippen LogP) is 0.325. The molecule has 2 N–H and O–H groups in total. The number of carbonyl (C=O) groups is 2. The number of aliphatic imine (C=N–C) groups is 1. The van der Waals surface area contributed by atoms with Crippen molar-refractivity contribution in [2.24, 2.45) is 35.7 Å². The molecule has 8 nitrogen and oxygen atoms in total. The number of amides is 2. The van der Waals surface area contributed by atoms with Crippen molar-refractivity contribution >= 4 is 17.8 Å². The average molecular weight is 384 g/mol. The lowest BCUT2D eigenvalue weighted by Crippen LogP contribution is -2.43. The highest BCUT2D eigenvalue weighted by atomic mass is 16.2. The van der Waals surface area contributed by atoms with Crippen LogP contribution in [0.1, 0.15) is 18.9 Å². The number of hydrogen-bond acceptors (Lipinski definition) is 4. The number of fused-ring (bicyclic) bond motifs is 5. The largest absolute Gasteiger partial charge is 0.357 e. The van der Waals surface area contributed by atoms with Crippen LogP contribution in [0.25, 0.3) is 0 Å². The number of imide groups is 1. The normalized spacial score (nSPS) is 28.4. The molecule has 1 saturated heterocycles. The van der Waals surface area contributed by atoms with Crippen molar-refractivity contribution in [1.29, 1.82) is 0 Å². The van der Waals surface area contributed by atoms with E-state index in [2.05, 4.69) is 32.9 Å². The lowest BCUT2D eigenvalue weighted by Gasteiger charge is -2.18. The third-order valence-corrected chi connectivity index (χ3v) is 5.96. The molecule has 4 rings (SSSR count). The zero-order valence-electron chi connectivity index (χ0n) is 16.5. The SMILES string of the molecule is CCNC(=NCCc1cnn(C)c1)NCCN1C(=O)C2C3C=CC(C3)C2C1=O. The molecule has 2 amide bonds. The van der Waals surface area contributed by atoms with Crippen LogP contribution in [-0.2, 0) is 23.1 Å². The summed E-state index contributed by atoms with van der Waals surface area (Å²) in [6.07, 6.45) is 9.85. The van der Waals surface area contributed by atoms with Gasteiger partial charge in [-0.1, -0.05) is 12.2 Å². The first-order chi connectivity index (χ1) is 13.6. The molecule has 1 aliphatic heterocycles. The molecule has 3 aliphatic rings. The number of nitrogens with one attached hydrogen (secondary N) is 2. The van der Waals surface area contributed by atoms with Gasteiger partial charge in [0.1, 0.15) is 0 Å². The molecule has 0 aromatic carbocycles. The lowest BCUT2D eigenvalue weighted by molar-refractivity contribution is -0.140. The Morgan fingerprint density at radius 2 is 1.93 bits per heavy atom. The number of carbonyl (C=O) groups excluding carboxylic acids is 2. The van der Waals surface area contributed by atoms with E-state index in [4.69, 9.17) is 0 Å². The summed E-state index contributed by atoms with van der Waals surface area (Å²) in [4.78, 5) is 31.4. The van der Waals surface area contributed by atoms with E-state index in [1.54, 1.807) is 4.68 Å². The van der Waals surface area contributed by atoms with Crippen molar-refractivity contribution < 1.29 is 9.59 Å². The Bertz CT molecular complexity index is 783. The van der Waals surface area contributed by atoms with Crippen LogP contribution in [0.3, 0.4) is 0 Å². The molecule has 8 heteroatoms. The number of aryl methyl sites for hydroxylation is 1. The van der Waals surface area contributed by atoms with E-state index in [0.717, 1.165) is 24.9 Å². The monoisotopic (exact) mass is 384 g/mol. The van der Waals surface area contributed by atoms with Crippen LogP contribution in [0, 0.1) is 23.7 Å². The number of aromatic nitrogens is 2. The zero-order valence-corrected chi connectivity index (χ0v) is 16.5. The van der Waals surface area contributed by atoms with Crippen molar-refractivity contribution in [2.45, 2.75) is 19.8 Å². The minimum atomic E-state index is -0.121. The molecule has 1 aromatic heterocycles. The number of guanidine groups is 1. The first kappa shape index (κ1) is 18.7. The third kappa shape index (κ3) is 3.43. The second-order valence-electron chi connectivity index (χ2n) is 7.79. The standard InChI is InChI=1S/C20H28N6O2/c1-3-21-20(22-7-6-13-11-24-25(2)12-13)23-8-9-26-18(27)16-14-4-5-15(10-14)17(16)19(26)28/h4-5,11-12,14-17H,3,6-10H2,1-2H3,(H2,21,22,23). The molecule has 1 saturated carbocycles. The van der Waals surface area contributed by atoms with E-state index in [1.165, 1.54) is 4.90 Å². The van der Waals surface area contributed by atoms with Gasteiger partial charge in [-0.05, 0) is 37.2 Å². The second kappa shape index (κ2) is 7.77. The minimum Gasteiger partial charge on any atom is -0.357 e. The summed E-state index contributed by atoms with van der Waals surface area (Å²) in [5.74, 6) is 0.992. The van der Waals surface area contributed by atoms with Gasteiger partial charge in [0.2, 0.25) is 11.8 Å². The number of rotatable bonds is 7. The molecular formula is C20H28N6O2. The third-order valence-electron chi connectivity index (χ3n) is 5.96. The molecular weight excluding hydrogens is 356 g/mol. The van der Waals surface area contributed by atoms with E-state index < -0.39 is 0 Å². The molecule has 4 unspecified atom stereocenters. The summed E-state index contributed by atoms with van der Waals surface area (Å²) in [6, 6.07) is 0. The fourth-order valence-corrected chi connectivity index (χ4v) is 4.71. The molecule has 4 atom stereocenters. The molecule has 28 heavy (non-hydrogen) atoms. The van der Waals surface area contributed by atoms with Crippen molar-refractivity contribution in [3.63, 3.8) is 0 Å². The maximum absolute atomic E-state index is 12.7. The number of nitrogens with zero attached hydrogens (tertiary/aromatic N) is 4. The fraction of sp³-hybridized carbons (Fsp3) is 0.600. The highest BCUT2D eigenvalue weighted by molar-refractivity contribution is 6.06. The Hall–Kier alpha value is -2.64. The number of likely N-dealkylation sites (tertiary alicyclic amines) is 1. The predicted molar refractivity (Wildman–Crippen MR) is 105 cm³/mol. The first-order valence-corrected chi connectivity index (χ1v) is 10.1. The fourth-order valence-electron chi connectivity index (χ4n) is 4.71. The maximum atomic E-state index is 12.7. The molecule has 2 bridgehead atoms. The van der Waals surface area contributed by atoms with Crippen LogP contribution in [0.4, 0.5) is 0 Å². The quantitative estimate of drug-likeness (QED) is 0.306. The summed E-state index contributed by atoms with van der Waals surface area (Å²) in [5.41, 5.74) is 1.14. The molecule has 1 aromatic rings. The summed E-state index contributed by atoms with van der Waals surface area (Å²) >= 11 is 0. The topological polar surface area (TPSA) is 91.6 Å². The molecule has 2 aliphatic carbocycles. The van der Waals surface area contributed by atoms with Gasteiger partial charge >= 0.3 is 0 Å². The van der Waals surface area contributed by atoms with Crippen molar-refractivity contribution in [3.8, 4) is 0 Å². The Morgan fingerprint density at radius 3 is 2.54 bits per heavy atom. The summed E-state index contributed by atoms with van der Waals surface area (Å²) in [5, 5.41) is 10.6. The average Bonchev–Trinajstić information content (AvgIpc) is 3.43. The summed E-state index contributed by atoms with van der Waals surface area (Å²) < 4.78 is 1.78. The van der Waals surface area contributed by atoms with E-state index >= 15 is 0 Å². The van der Waals surface area contributed by atoms with Gasteiger partial charge in [0.25, 0.3) is 0 Å². The van der Waals surface area contributed by atoms with E-state index in [9.17, 15) is 9.59 Å². The Balaban J connectivity index is 1.28. The summed E-state index contributed by atoms with van der Waals surface area (Å²) in [7, 11) is 1.90. The minimum absolute atomic E-state index is 0.00664. The van der Waals surface area contributed by atoms with Gasteiger partial charge in [0.05, 0.1) is 18.0 Å². The highest BCUT2D eigenvalue weighted by Gasteiger charge is 2.58. The van der Waals surface area contributed by atoms with Gasteiger partial charge in [-0.15, -0.1) is 0 Å². The highest BCUT2D eigenvalue weighted by Crippen LogP contribution is 2.52. The van der Waals surface area contributed by atoms with Crippen LogP contribution < -0.4 is 10.6 Å². The number of hydrogen-bond donors (Lipinski definition) is 2. The summed E-state index contributed by atoms with van der Waals surface area (Å²) in [6.45, 7) is 4.28. The number of allylic oxidation sites excluding steroid dienone is 2. The lowest BCUT2D eigenvalue weighted by atomic mass is 9.85. The van der Waals surface area contributed by atoms with Crippen molar-refractivity contribution in [1.82, 2.24) is 25.3 Å². The van der Waals surface area contributed by atoms with Gasteiger partial charge in [-0.3, -0.25) is 24.2 Å². The van der Waals surface area contributed by atoms with E-state index in [-0.39, 0.29) is 35.5 Å². The first-order valence-electron chi connectivity index (χ1n) is 10.1. The Kier molecular flexibility index (Phi) is 5.19. The van der Waals surface area contributed by atoms with Crippen LogP contribution in [0.15, 0.2) is 29.5 Å². The van der Waals surface area contributed by atoms with Gasteiger partial charge in [0.15, 0.2) is 5.96 Å². The zero-order chi connectivity index (χ0) is 19.7. The smallest absolute Gasteiger partial charge is 0.233 e. The van der Waals surface area contributed by atoms with Crippen molar-refractivity contribution in [2.75, 3.05) is 26.2 Å². The van der Waals surface area contributed by atoms with E-state index in [0.29, 0.717) is 25.6 Å². The van der Waals surface area contributed by atoms with Gasteiger partial charge in [0, 0.05) is 39.4 Å².